The normalized spacial score (nSPS) is 11.3. The van der Waals surface area contributed by atoms with E-state index in [1.807, 2.05) is 97.4 Å². The lowest BCUT2D eigenvalue weighted by atomic mass is 10.2. The van der Waals surface area contributed by atoms with E-state index in [-0.39, 0.29) is 5.75 Å². The second-order valence-electron chi connectivity index (χ2n) is 5.91. The van der Waals surface area contributed by atoms with Crippen molar-refractivity contribution in [2.75, 3.05) is 11.2 Å². The van der Waals surface area contributed by atoms with Gasteiger partial charge in [0.05, 0.1) is 5.69 Å². The third-order valence-electron chi connectivity index (χ3n) is 4.35. The average molecular weight is 351 g/mol. The number of nitrogens with zero attached hydrogens (tertiary/aromatic N) is 1. The quantitative estimate of drug-likeness (QED) is 0.690. The van der Waals surface area contributed by atoms with Gasteiger partial charge in [-0.25, -0.2) is 0 Å². The molecule has 0 aromatic heterocycles. The maximum Gasteiger partial charge on any atom is 0.229 e. The fraction of sp³-hybridized carbons (Fsp3) is 0.143. The van der Waals surface area contributed by atoms with E-state index in [9.17, 15) is 9.67 Å². The van der Waals surface area contributed by atoms with Crippen LogP contribution in [0, 0.1) is 6.92 Å². The zero-order valence-electron chi connectivity index (χ0n) is 14.5. The van der Waals surface area contributed by atoms with Crippen LogP contribution in [0.2, 0.25) is 0 Å². The van der Waals surface area contributed by atoms with Gasteiger partial charge in [-0.05, 0) is 49.7 Å². The lowest BCUT2D eigenvalue weighted by Gasteiger charge is -2.34. The average Bonchev–Trinajstić information content (AvgIpc) is 2.67. The summed E-state index contributed by atoms with van der Waals surface area (Å²) in [7, 11) is -3.13. The number of benzene rings is 3. The van der Waals surface area contributed by atoms with Gasteiger partial charge < -0.3 is 9.78 Å². The molecule has 0 saturated carbocycles. The predicted octanol–water partition coefficient (Wildman–Crippen LogP) is 4.46. The number of rotatable bonds is 5. The zero-order chi connectivity index (χ0) is 17.9. The van der Waals surface area contributed by atoms with Crippen LogP contribution in [0.15, 0.2) is 78.9 Å². The minimum Gasteiger partial charge on any atom is -0.505 e. The molecule has 3 aromatic carbocycles. The summed E-state index contributed by atoms with van der Waals surface area (Å²) >= 11 is 0. The zero-order valence-corrected chi connectivity index (χ0v) is 15.4. The van der Waals surface area contributed by atoms with Crippen molar-refractivity contribution in [2.24, 2.45) is 0 Å². The first-order valence-electron chi connectivity index (χ1n) is 8.37. The topological polar surface area (TPSA) is 40.5 Å². The summed E-state index contributed by atoms with van der Waals surface area (Å²) in [5.74, 6) is 0.177. The van der Waals surface area contributed by atoms with E-state index >= 15 is 0 Å². The van der Waals surface area contributed by atoms with Crippen LogP contribution in [0.4, 0.5) is 5.69 Å². The molecule has 0 unspecified atom stereocenters. The lowest BCUT2D eigenvalue weighted by molar-refractivity contribution is 0.471. The first-order chi connectivity index (χ1) is 12.1. The minimum absolute atomic E-state index is 0.177. The molecule has 128 valence electrons. The number of hydrogen-bond acceptors (Lipinski definition) is 2. The van der Waals surface area contributed by atoms with Crippen molar-refractivity contribution in [2.45, 2.75) is 13.8 Å². The van der Waals surface area contributed by atoms with Crippen LogP contribution in [0.25, 0.3) is 0 Å². The van der Waals surface area contributed by atoms with Crippen LogP contribution in [0.5, 0.6) is 5.75 Å². The van der Waals surface area contributed by atoms with E-state index in [1.165, 1.54) is 0 Å². The third kappa shape index (κ3) is 3.08. The molecule has 25 heavy (non-hydrogen) atoms. The van der Waals surface area contributed by atoms with Gasteiger partial charge in [0, 0.05) is 17.2 Å². The highest BCUT2D eigenvalue weighted by Crippen LogP contribution is 2.52. The van der Waals surface area contributed by atoms with Gasteiger partial charge in [0.1, 0.15) is 5.75 Å². The lowest BCUT2D eigenvalue weighted by Crippen LogP contribution is -2.32. The largest absolute Gasteiger partial charge is 0.505 e. The number of aromatic hydroxyl groups is 1. The SMILES string of the molecule is CCN(c1cccc(C)c1O)P(=O)(c1ccccc1)c1ccccc1. The van der Waals surface area contributed by atoms with Gasteiger partial charge in [-0.2, -0.15) is 0 Å². The van der Waals surface area contributed by atoms with Gasteiger partial charge >= 0.3 is 0 Å². The van der Waals surface area contributed by atoms with Crippen molar-refractivity contribution < 1.29 is 9.67 Å². The summed E-state index contributed by atoms with van der Waals surface area (Å²) in [6, 6.07) is 24.5. The van der Waals surface area contributed by atoms with Crippen LogP contribution in [-0.4, -0.2) is 11.7 Å². The summed E-state index contributed by atoms with van der Waals surface area (Å²) in [4.78, 5) is 0. The van der Waals surface area contributed by atoms with Crippen LogP contribution in [-0.2, 0) is 4.57 Å². The highest BCUT2D eigenvalue weighted by Gasteiger charge is 2.35. The first-order valence-corrected chi connectivity index (χ1v) is 10.0. The number of anilines is 1. The molecule has 0 aliphatic heterocycles. The van der Waals surface area contributed by atoms with Crippen molar-refractivity contribution in [3.63, 3.8) is 0 Å². The van der Waals surface area contributed by atoms with Crippen molar-refractivity contribution in [3.05, 3.63) is 84.4 Å². The Labute approximate surface area is 149 Å². The number of para-hydroxylation sites is 1. The van der Waals surface area contributed by atoms with Crippen LogP contribution in [0.3, 0.4) is 0 Å². The number of phenols is 1. The Kier molecular flexibility index (Phi) is 4.96. The maximum atomic E-state index is 14.4. The first kappa shape index (κ1) is 17.3. The molecule has 0 atom stereocenters. The molecule has 0 aliphatic rings. The van der Waals surface area contributed by atoms with E-state index in [2.05, 4.69) is 0 Å². The molecule has 0 radical (unpaired) electrons. The standard InChI is InChI=1S/C21H22NO2P/c1-3-22(20-16-10-11-17(2)21(20)23)25(24,18-12-6-4-7-13-18)19-14-8-5-9-15-19/h4-16,23H,3H2,1-2H3. The number of aryl methyl sites for hydroxylation is 1. The fourth-order valence-corrected chi connectivity index (χ4v) is 5.93. The summed E-state index contributed by atoms with van der Waals surface area (Å²) in [6.07, 6.45) is 0. The van der Waals surface area contributed by atoms with Crippen molar-refractivity contribution >= 4 is 23.6 Å². The Morgan fingerprint density at radius 2 is 1.36 bits per heavy atom. The summed E-state index contributed by atoms with van der Waals surface area (Å²) in [6.45, 7) is 4.32. The third-order valence-corrected chi connectivity index (χ3v) is 7.52. The van der Waals surface area contributed by atoms with Crippen molar-refractivity contribution in [3.8, 4) is 5.75 Å². The Morgan fingerprint density at radius 1 is 0.840 bits per heavy atom. The Balaban J connectivity index is 2.27. The summed E-state index contributed by atoms with van der Waals surface area (Å²) in [5, 5.41) is 12.1. The van der Waals surface area contributed by atoms with Crippen molar-refractivity contribution in [1.82, 2.24) is 0 Å². The monoisotopic (exact) mass is 351 g/mol. The molecule has 0 fully saturated rings. The van der Waals surface area contributed by atoms with Gasteiger partial charge in [-0.1, -0.05) is 48.5 Å². The second kappa shape index (κ2) is 7.16. The molecule has 0 aliphatic carbocycles. The molecule has 0 amide bonds. The second-order valence-corrected chi connectivity index (χ2v) is 8.57. The molecule has 1 N–H and O–H groups in total. The van der Waals surface area contributed by atoms with E-state index < -0.39 is 7.29 Å². The highest BCUT2D eigenvalue weighted by atomic mass is 31.2. The molecule has 0 bridgehead atoms. The fourth-order valence-electron chi connectivity index (χ4n) is 3.06. The number of phenolic OH excluding ortho intramolecular Hbond substituents is 1. The molecular formula is C21H22NO2P. The van der Waals surface area contributed by atoms with Crippen LogP contribution in [0.1, 0.15) is 12.5 Å². The van der Waals surface area contributed by atoms with Crippen LogP contribution >= 0.6 is 7.29 Å². The molecule has 3 aromatic rings. The van der Waals surface area contributed by atoms with Crippen LogP contribution < -0.4 is 15.3 Å². The van der Waals surface area contributed by atoms with Gasteiger partial charge in [0.25, 0.3) is 0 Å². The number of hydrogen-bond donors (Lipinski definition) is 1. The Bertz CT molecular complexity index is 851. The van der Waals surface area contributed by atoms with Gasteiger partial charge in [0.15, 0.2) is 0 Å². The minimum atomic E-state index is -3.13. The van der Waals surface area contributed by atoms with E-state index in [1.54, 1.807) is 0 Å². The van der Waals surface area contributed by atoms with Gasteiger partial charge in [-0.15, -0.1) is 0 Å². The molecule has 3 nitrogen and oxygen atoms in total. The molecule has 0 saturated heterocycles. The Hall–Kier alpha value is -2.51. The Morgan fingerprint density at radius 3 is 1.84 bits per heavy atom. The van der Waals surface area contributed by atoms with Crippen molar-refractivity contribution in [1.29, 1.82) is 0 Å². The molecule has 0 spiro atoms. The molecular weight excluding hydrogens is 329 g/mol. The van der Waals surface area contributed by atoms with E-state index in [0.29, 0.717) is 12.2 Å². The molecule has 4 heteroatoms. The van der Waals surface area contributed by atoms with Gasteiger partial charge in [0.2, 0.25) is 7.29 Å². The maximum absolute atomic E-state index is 14.4. The summed E-state index contributed by atoms with van der Waals surface area (Å²) in [5.41, 5.74) is 1.36. The van der Waals surface area contributed by atoms with Gasteiger partial charge in [-0.3, -0.25) is 4.57 Å². The smallest absolute Gasteiger partial charge is 0.229 e. The van der Waals surface area contributed by atoms with E-state index in [0.717, 1.165) is 16.2 Å². The molecule has 3 rings (SSSR count). The predicted molar refractivity (Wildman–Crippen MR) is 106 cm³/mol. The summed E-state index contributed by atoms with van der Waals surface area (Å²) < 4.78 is 16.3. The molecule has 0 heterocycles. The van der Waals surface area contributed by atoms with E-state index in [4.69, 9.17) is 0 Å². The highest BCUT2D eigenvalue weighted by molar-refractivity contribution is 7.80.